The second kappa shape index (κ2) is 9.82. The Morgan fingerprint density at radius 3 is 1.73 bits per heavy atom. The molecular weight excluding hydrogens is 593 g/mol. The van der Waals surface area contributed by atoms with Gasteiger partial charge in [-0.1, -0.05) is 140 Å². The van der Waals surface area contributed by atoms with Crippen molar-refractivity contribution < 1.29 is 0 Å². The summed E-state index contributed by atoms with van der Waals surface area (Å²) in [5.41, 5.74) is 16.8. The molecule has 0 saturated carbocycles. The molecule has 0 atom stereocenters. The average molecular weight is 621 g/mol. The Kier molecular flexibility index (Phi) is 5.34. The molecule has 0 fully saturated rings. The van der Waals surface area contributed by atoms with Crippen LogP contribution in [-0.4, -0.2) is 9.97 Å². The van der Waals surface area contributed by atoms with Crippen LogP contribution in [0.1, 0.15) is 22.3 Å². The average Bonchev–Trinajstić information content (AvgIpc) is 3.47. The van der Waals surface area contributed by atoms with Crippen molar-refractivity contribution >= 4 is 32.6 Å². The first-order valence-corrected chi connectivity index (χ1v) is 16.9. The summed E-state index contributed by atoms with van der Waals surface area (Å²) in [5, 5.41) is 4.85. The van der Waals surface area contributed by atoms with E-state index in [1.807, 2.05) is 18.5 Å². The first kappa shape index (κ1) is 26.7. The summed E-state index contributed by atoms with van der Waals surface area (Å²) < 4.78 is 0. The second-order valence-corrected chi connectivity index (χ2v) is 13.3. The van der Waals surface area contributed by atoms with Crippen LogP contribution in [0.3, 0.4) is 0 Å². The van der Waals surface area contributed by atoms with Crippen LogP contribution >= 0.6 is 0 Å². The van der Waals surface area contributed by atoms with E-state index in [0.29, 0.717) is 0 Å². The van der Waals surface area contributed by atoms with E-state index >= 15 is 0 Å². The predicted molar refractivity (Wildman–Crippen MR) is 202 cm³/mol. The number of fused-ring (bicyclic) bond motifs is 12. The largest absolute Gasteiger partial charge is 0.254 e. The van der Waals surface area contributed by atoms with Gasteiger partial charge in [0, 0.05) is 28.7 Å². The number of benzene rings is 7. The fourth-order valence-corrected chi connectivity index (χ4v) is 8.86. The molecule has 2 aromatic heterocycles. The van der Waals surface area contributed by atoms with E-state index in [1.54, 1.807) is 0 Å². The summed E-state index contributed by atoms with van der Waals surface area (Å²) >= 11 is 0. The third kappa shape index (κ3) is 3.55. The lowest BCUT2D eigenvalue weighted by Gasteiger charge is -2.40. The molecule has 2 nitrogen and oxygen atoms in total. The Morgan fingerprint density at radius 1 is 0.347 bits per heavy atom. The van der Waals surface area contributed by atoms with Crippen molar-refractivity contribution in [2.75, 3.05) is 0 Å². The van der Waals surface area contributed by atoms with Crippen LogP contribution in [0.4, 0.5) is 0 Å². The molecule has 0 bridgehead atoms. The summed E-state index contributed by atoms with van der Waals surface area (Å²) in [4.78, 5) is 9.46. The Morgan fingerprint density at radius 2 is 0.939 bits per heavy atom. The first-order valence-electron chi connectivity index (χ1n) is 16.9. The van der Waals surface area contributed by atoms with Crippen molar-refractivity contribution in [3.8, 4) is 44.5 Å². The Labute approximate surface area is 284 Å². The predicted octanol–water partition coefficient (Wildman–Crippen LogP) is 11.6. The highest BCUT2D eigenvalue weighted by atomic mass is 14.7. The minimum absolute atomic E-state index is 0.415. The van der Waals surface area contributed by atoms with Gasteiger partial charge >= 0.3 is 0 Å². The van der Waals surface area contributed by atoms with Gasteiger partial charge in [-0.15, -0.1) is 0 Å². The van der Waals surface area contributed by atoms with Gasteiger partial charge in [0.05, 0.1) is 16.4 Å². The third-order valence-corrected chi connectivity index (χ3v) is 10.9. The van der Waals surface area contributed by atoms with Gasteiger partial charge in [-0.05, 0) is 90.2 Å². The molecule has 0 N–H and O–H groups in total. The normalized spacial score (nSPS) is 13.5. The number of nitrogens with zero attached hydrogens (tertiary/aromatic N) is 2. The minimum Gasteiger partial charge on any atom is -0.254 e. The maximum absolute atomic E-state index is 4.86. The molecule has 226 valence electrons. The lowest BCUT2D eigenvalue weighted by Crippen LogP contribution is -2.31. The van der Waals surface area contributed by atoms with E-state index in [4.69, 9.17) is 4.98 Å². The number of aromatic nitrogens is 2. The Bertz CT molecular complexity index is 2780. The van der Waals surface area contributed by atoms with Crippen molar-refractivity contribution in [1.82, 2.24) is 9.97 Å². The van der Waals surface area contributed by atoms with Crippen LogP contribution in [0.2, 0.25) is 0 Å². The summed E-state index contributed by atoms with van der Waals surface area (Å²) in [6, 6.07) is 58.3. The smallest absolute Gasteiger partial charge is 0.0964 e. The van der Waals surface area contributed by atoms with Gasteiger partial charge in [-0.25, -0.2) is 0 Å². The zero-order valence-electron chi connectivity index (χ0n) is 26.6. The van der Waals surface area contributed by atoms with Crippen molar-refractivity contribution in [3.63, 3.8) is 0 Å². The molecule has 0 amide bonds. The molecule has 0 unspecified atom stereocenters. The summed E-state index contributed by atoms with van der Waals surface area (Å²) in [7, 11) is 0. The molecule has 2 aliphatic carbocycles. The van der Waals surface area contributed by atoms with Crippen molar-refractivity contribution in [2.24, 2.45) is 0 Å². The van der Waals surface area contributed by atoms with E-state index in [-0.39, 0.29) is 0 Å². The molecule has 2 heterocycles. The van der Waals surface area contributed by atoms with Gasteiger partial charge in [-0.2, -0.15) is 0 Å². The molecule has 11 rings (SSSR count). The fourth-order valence-electron chi connectivity index (χ4n) is 8.86. The molecular formula is C47H28N2. The van der Waals surface area contributed by atoms with E-state index in [1.165, 1.54) is 66.4 Å². The highest BCUT2D eigenvalue weighted by molar-refractivity contribution is 6.07. The van der Waals surface area contributed by atoms with Gasteiger partial charge in [0.25, 0.3) is 0 Å². The lowest BCUT2D eigenvalue weighted by molar-refractivity contribution is 0.774. The number of hydrogen-bond donors (Lipinski definition) is 0. The summed E-state index contributed by atoms with van der Waals surface area (Å²) in [6.45, 7) is 0. The van der Waals surface area contributed by atoms with E-state index in [0.717, 1.165) is 32.9 Å². The van der Waals surface area contributed by atoms with Gasteiger partial charge in [0.2, 0.25) is 0 Å². The van der Waals surface area contributed by atoms with Crippen molar-refractivity contribution in [2.45, 2.75) is 5.41 Å². The van der Waals surface area contributed by atoms with E-state index in [2.05, 4.69) is 157 Å². The van der Waals surface area contributed by atoms with E-state index < -0.39 is 5.41 Å². The first-order chi connectivity index (χ1) is 24.3. The molecule has 0 aliphatic heterocycles. The van der Waals surface area contributed by atoms with Gasteiger partial charge < -0.3 is 0 Å². The van der Waals surface area contributed by atoms with Crippen molar-refractivity contribution in [1.29, 1.82) is 0 Å². The van der Waals surface area contributed by atoms with Crippen LogP contribution in [0.5, 0.6) is 0 Å². The SMILES string of the molecule is c1ccc2c(c1)-c1ccccc1C21c2cc(-c3ccc(-c4cnc5c(ccc6cccnc65)c4)cc3)ccc2-c2cccc3cccc1c23. The quantitative estimate of drug-likeness (QED) is 0.180. The van der Waals surface area contributed by atoms with Crippen LogP contribution < -0.4 is 0 Å². The second-order valence-electron chi connectivity index (χ2n) is 13.3. The minimum atomic E-state index is -0.415. The van der Waals surface area contributed by atoms with Crippen LogP contribution in [0.25, 0.3) is 77.1 Å². The maximum atomic E-state index is 4.86. The fraction of sp³-hybridized carbons (Fsp3) is 0.0213. The molecule has 7 aromatic carbocycles. The van der Waals surface area contributed by atoms with Crippen LogP contribution in [0.15, 0.2) is 170 Å². The summed E-state index contributed by atoms with van der Waals surface area (Å²) in [6.07, 6.45) is 3.81. The molecule has 9 aromatic rings. The topological polar surface area (TPSA) is 25.8 Å². The van der Waals surface area contributed by atoms with Crippen molar-refractivity contribution in [3.05, 3.63) is 192 Å². The monoisotopic (exact) mass is 620 g/mol. The maximum Gasteiger partial charge on any atom is 0.0964 e. The van der Waals surface area contributed by atoms with Crippen LogP contribution in [-0.2, 0) is 5.41 Å². The van der Waals surface area contributed by atoms with Gasteiger partial charge in [-0.3, -0.25) is 9.97 Å². The standard InChI is InChI=1S/C47H28N2/c1-3-14-40-36(11-1)37-12-2-4-15-41(37)47(40)42-16-6-9-31-8-5-13-39(44(31)42)38-24-23-33(27-43(38)47)29-17-19-30(20-18-29)35-26-34-22-21-32-10-7-25-48-45(32)46(34)49-28-35/h1-28H. The van der Waals surface area contributed by atoms with Crippen LogP contribution in [0, 0.1) is 0 Å². The number of pyridine rings is 2. The highest BCUT2D eigenvalue weighted by Crippen LogP contribution is 2.62. The molecule has 1 spiro atoms. The molecule has 2 heteroatoms. The highest BCUT2D eigenvalue weighted by Gasteiger charge is 2.49. The van der Waals surface area contributed by atoms with Gasteiger partial charge in [0.1, 0.15) is 0 Å². The zero-order valence-corrected chi connectivity index (χ0v) is 26.6. The number of rotatable bonds is 2. The third-order valence-electron chi connectivity index (χ3n) is 10.9. The molecule has 0 saturated heterocycles. The molecule has 2 aliphatic rings. The van der Waals surface area contributed by atoms with E-state index in [9.17, 15) is 0 Å². The Balaban J connectivity index is 1.10. The van der Waals surface area contributed by atoms with Gasteiger partial charge in [0.15, 0.2) is 0 Å². The lowest BCUT2D eigenvalue weighted by atomic mass is 9.61. The molecule has 49 heavy (non-hydrogen) atoms. The zero-order chi connectivity index (χ0) is 32.1. The Hall–Kier alpha value is -6.38. The summed E-state index contributed by atoms with van der Waals surface area (Å²) in [5.74, 6) is 0. The molecule has 0 radical (unpaired) electrons. The number of hydrogen-bond acceptors (Lipinski definition) is 2.